The third kappa shape index (κ3) is 0.844. The van der Waals surface area contributed by atoms with E-state index in [4.69, 9.17) is 15.9 Å². The van der Waals surface area contributed by atoms with Gasteiger partial charge in [-0.2, -0.15) is 0 Å². The molecule has 1 aliphatic carbocycles. The molecule has 0 amide bonds. The largest absolute Gasteiger partial charge is 0.390 e. The van der Waals surface area contributed by atoms with E-state index in [9.17, 15) is 0 Å². The van der Waals surface area contributed by atoms with Crippen LogP contribution >= 0.6 is 0 Å². The monoisotopic (exact) mass is 117 g/mol. The summed E-state index contributed by atoms with van der Waals surface area (Å²) in [5.41, 5.74) is 5.36. The van der Waals surface area contributed by atoms with E-state index >= 15 is 0 Å². The van der Waals surface area contributed by atoms with Crippen molar-refractivity contribution in [3.63, 3.8) is 0 Å². The lowest BCUT2D eigenvalue weighted by molar-refractivity contribution is 0.0364. The number of aliphatic hydroxyl groups is 2. The van der Waals surface area contributed by atoms with Gasteiger partial charge in [-0.15, -0.1) is 0 Å². The topological polar surface area (TPSA) is 66.5 Å². The second kappa shape index (κ2) is 2.01. The van der Waals surface area contributed by atoms with E-state index in [1.54, 1.807) is 0 Å². The molecule has 0 heterocycles. The Morgan fingerprint density at radius 1 is 1.25 bits per heavy atom. The minimum atomic E-state index is -0.685. The second-order valence-electron chi connectivity index (χ2n) is 2.30. The van der Waals surface area contributed by atoms with Crippen molar-refractivity contribution in [3.05, 3.63) is 0 Å². The van der Waals surface area contributed by atoms with Gasteiger partial charge in [0.2, 0.25) is 0 Å². The van der Waals surface area contributed by atoms with Crippen LogP contribution in [0, 0.1) is 0 Å². The summed E-state index contributed by atoms with van der Waals surface area (Å²) >= 11 is 0. The van der Waals surface area contributed by atoms with Crippen molar-refractivity contribution in [1.82, 2.24) is 0 Å². The van der Waals surface area contributed by atoms with Gasteiger partial charge in [0.25, 0.3) is 0 Å². The highest BCUT2D eigenvalue weighted by Crippen LogP contribution is 2.17. The van der Waals surface area contributed by atoms with Gasteiger partial charge in [0.15, 0.2) is 0 Å². The Hall–Kier alpha value is -0.120. The van der Waals surface area contributed by atoms with Crippen LogP contribution in [0.2, 0.25) is 0 Å². The molecule has 0 spiro atoms. The Morgan fingerprint density at radius 3 is 2.00 bits per heavy atom. The van der Waals surface area contributed by atoms with Gasteiger partial charge in [0.1, 0.15) is 0 Å². The summed E-state index contributed by atoms with van der Waals surface area (Å²) in [6.45, 7) is 0. The minimum absolute atomic E-state index is 0.204. The molecule has 48 valence electrons. The van der Waals surface area contributed by atoms with Crippen molar-refractivity contribution < 1.29 is 10.2 Å². The van der Waals surface area contributed by atoms with Crippen LogP contribution in [0.3, 0.4) is 0 Å². The average molecular weight is 117 g/mol. The van der Waals surface area contributed by atoms with Crippen LogP contribution in [0.4, 0.5) is 0 Å². The maximum Gasteiger partial charge on any atom is 0.0949 e. The maximum atomic E-state index is 8.89. The fourth-order valence-corrected chi connectivity index (χ4v) is 0.990. The predicted octanol–water partition coefficient (Wildman–Crippen LogP) is -1.17. The van der Waals surface area contributed by atoms with Gasteiger partial charge in [-0.3, -0.25) is 0 Å². The molecule has 1 aliphatic rings. The molecule has 0 saturated heterocycles. The Morgan fingerprint density at radius 2 is 1.88 bits per heavy atom. The number of aliphatic hydroxyl groups excluding tert-OH is 2. The predicted molar refractivity (Wildman–Crippen MR) is 29.2 cm³/mol. The van der Waals surface area contributed by atoms with E-state index in [-0.39, 0.29) is 6.04 Å². The molecule has 4 N–H and O–H groups in total. The quantitative estimate of drug-likeness (QED) is 0.374. The zero-order valence-corrected chi connectivity index (χ0v) is 4.62. The molecular formula is C5H11NO2. The molecule has 1 rings (SSSR count). The zero-order valence-electron chi connectivity index (χ0n) is 4.62. The Labute approximate surface area is 48.1 Å². The SMILES string of the molecule is N[C@H]1CC[C@@H](O)[C@@H]1O. The van der Waals surface area contributed by atoms with Crippen molar-refractivity contribution in [1.29, 1.82) is 0 Å². The van der Waals surface area contributed by atoms with Gasteiger partial charge in [0, 0.05) is 6.04 Å². The summed E-state index contributed by atoms with van der Waals surface area (Å²) in [5, 5.41) is 17.7. The summed E-state index contributed by atoms with van der Waals surface area (Å²) in [4.78, 5) is 0. The second-order valence-corrected chi connectivity index (χ2v) is 2.30. The van der Waals surface area contributed by atoms with E-state index in [2.05, 4.69) is 0 Å². The number of rotatable bonds is 0. The van der Waals surface area contributed by atoms with E-state index in [1.807, 2.05) is 0 Å². The van der Waals surface area contributed by atoms with E-state index in [0.29, 0.717) is 6.42 Å². The fraction of sp³-hybridized carbons (Fsp3) is 1.00. The number of hydrogen-bond acceptors (Lipinski definition) is 3. The van der Waals surface area contributed by atoms with Crippen LogP contribution < -0.4 is 5.73 Å². The van der Waals surface area contributed by atoms with Gasteiger partial charge in [-0.25, -0.2) is 0 Å². The third-order valence-electron chi connectivity index (χ3n) is 1.63. The molecule has 1 saturated carbocycles. The lowest BCUT2D eigenvalue weighted by Crippen LogP contribution is -2.34. The summed E-state index contributed by atoms with van der Waals surface area (Å²) in [5.74, 6) is 0. The van der Waals surface area contributed by atoms with E-state index in [1.165, 1.54) is 0 Å². The summed E-state index contributed by atoms with van der Waals surface area (Å²) in [6.07, 6.45) is 0.116. The first-order valence-corrected chi connectivity index (χ1v) is 2.83. The van der Waals surface area contributed by atoms with Crippen molar-refractivity contribution >= 4 is 0 Å². The first-order chi connectivity index (χ1) is 3.72. The lowest BCUT2D eigenvalue weighted by atomic mass is 10.2. The highest BCUT2D eigenvalue weighted by molar-refractivity contribution is 4.86. The summed E-state index contributed by atoms with van der Waals surface area (Å²) in [6, 6.07) is -0.204. The van der Waals surface area contributed by atoms with Crippen molar-refractivity contribution in [2.24, 2.45) is 5.73 Å². The molecule has 3 heteroatoms. The average Bonchev–Trinajstić information content (AvgIpc) is 1.98. The zero-order chi connectivity index (χ0) is 6.15. The van der Waals surface area contributed by atoms with Crippen LogP contribution in [0.5, 0.6) is 0 Å². The molecule has 0 unspecified atom stereocenters. The molecule has 0 bridgehead atoms. The van der Waals surface area contributed by atoms with Crippen molar-refractivity contribution in [2.45, 2.75) is 31.1 Å². The molecule has 0 aliphatic heterocycles. The number of hydrogen-bond donors (Lipinski definition) is 3. The molecule has 1 fully saturated rings. The van der Waals surface area contributed by atoms with Gasteiger partial charge in [-0.1, -0.05) is 0 Å². The van der Waals surface area contributed by atoms with E-state index < -0.39 is 12.2 Å². The van der Waals surface area contributed by atoms with Crippen molar-refractivity contribution in [3.8, 4) is 0 Å². The minimum Gasteiger partial charge on any atom is -0.390 e. The molecule has 0 aromatic rings. The molecular weight excluding hydrogens is 106 g/mol. The molecule has 8 heavy (non-hydrogen) atoms. The van der Waals surface area contributed by atoms with Crippen LogP contribution in [0.1, 0.15) is 12.8 Å². The maximum absolute atomic E-state index is 8.89. The third-order valence-corrected chi connectivity index (χ3v) is 1.63. The fourth-order valence-electron chi connectivity index (χ4n) is 0.990. The number of nitrogens with two attached hydrogens (primary N) is 1. The lowest BCUT2D eigenvalue weighted by Gasteiger charge is -2.09. The summed E-state index contributed by atoms with van der Waals surface area (Å²) < 4.78 is 0. The Bertz CT molecular complexity index is 76.5. The first kappa shape index (κ1) is 6.01. The molecule has 3 atom stereocenters. The van der Waals surface area contributed by atoms with Crippen molar-refractivity contribution in [2.75, 3.05) is 0 Å². The first-order valence-electron chi connectivity index (χ1n) is 2.83. The standard InChI is InChI=1S/C5H11NO2/c6-3-1-2-4(7)5(3)8/h3-5,7-8H,1-2,6H2/t3-,4+,5+/m0/s1. The molecule has 0 aromatic heterocycles. The Kier molecular flexibility index (Phi) is 1.51. The molecule has 3 nitrogen and oxygen atoms in total. The van der Waals surface area contributed by atoms with Crippen LogP contribution in [0.15, 0.2) is 0 Å². The van der Waals surface area contributed by atoms with E-state index in [0.717, 1.165) is 6.42 Å². The van der Waals surface area contributed by atoms with Crippen LogP contribution in [-0.2, 0) is 0 Å². The summed E-state index contributed by atoms with van der Waals surface area (Å²) in [7, 11) is 0. The van der Waals surface area contributed by atoms with Crippen LogP contribution in [0.25, 0.3) is 0 Å². The normalized spacial score (nSPS) is 47.6. The van der Waals surface area contributed by atoms with Gasteiger partial charge < -0.3 is 15.9 Å². The van der Waals surface area contributed by atoms with Gasteiger partial charge in [-0.05, 0) is 12.8 Å². The highest BCUT2D eigenvalue weighted by Gasteiger charge is 2.29. The van der Waals surface area contributed by atoms with Gasteiger partial charge in [0.05, 0.1) is 12.2 Å². The highest BCUT2D eigenvalue weighted by atomic mass is 16.3. The molecule has 0 aromatic carbocycles. The Balaban J connectivity index is 2.44. The van der Waals surface area contributed by atoms with Gasteiger partial charge >= 0.3 is 0 Å². The van der Waals surface area contributed by atoms with Crippen LogP contribution in [-0.4, -0.2) is 28.5 Å². The molecule has 0 radical (unpaired) electrons. The smallest absolute Gasteiger partial charge is 0.0949 e.